The Morgan fingerprint density at radius 2 is 2.07 bits per heavy atom. The first-order chi connectivity index (χ1) is 6.49. The van der Waals surface area contributed by atoms with E-state index >= 15 is 0 Å². The molecule has 0 radical (unpaired) electrons. The third-order valence-electron chi connectivity index (χ3n) is 1.89. The van der Waals surface area contributed by atoms with Crippen molar-refractivity contribution in [1.82, 2.24) is 0 Å². The molecule has 7 heteroatoms. The first-order valence-corrected chi connectivity index (χ1v) is 3.61. The van der Waals surface area contributed by atoms with E-state index in [-0.39, 0.29) is 6.29 Å². The Morgan fingerprint density at radius 3 is 2.36 bits per heavy atom. The molecule has 78 valence electrons. The van der Waals surface area contributed by atoms with E-state index in [0.29, 0.717) is 0 Å². The Bertz CT molecular complexity index is 307. The highest BCUT2D eigenvalue weighted by atomic mass is 16.6. The van der Waals surface area contributed by atoms with Crippen molar-refractivity contribution >= 4 is 12.3 Å². The molecule has 0 aliphatic carbocycles. The van der Waals surface area contributed by atoms with Crippen LogP contribution < -0.4 is 0 Å². The minimum absolute atomic E-state index is 0.0651. The number of carbonyl (C=O) groups is 2. The molecule has 0 amide bonds. The fourth-order valence-corrected chi connectivity index (χ4v) is 1.05. The summed E-state index contributed by atoms with van der Waals surface area (Å²) in [6.45, 7) is -0.913. The summed E-state index contributed by atoms with van der Waals surface area (Å²) < 4.78 is 4.28. The topological polar surface area (TPSA) is 124 Å². The molecule has 0 aromatic rings. The molecular formula is C7H8O7. The van der Waals surface area contributed by atoms with Gasteiger partial charge in [0.1, 0.15) is 6.10 Å². The van der Waals surface area contributed by atoms with Crippen molar-refractivity contribution in [2.24, 2.45) is 0 Å². The van der Waals surface area contributed by atoms with Crippen molar-refractivity contribution in [2.75, 3.05) is 6.61 Å². The predicted molar refractivity (Wildman–Crippen MR) is 40.3 cm³/mol. The normalized spacial score (nSPS) is 28.9. The van der Waals surface area contributed by atoms with Gasteiger partial charge in [0.15, 0.2) is 12.0 Å². The van der Waals surface area contributed by atoms with E-state index in [1.165, 1.54) is 0 Å². The number of aliphatic hydroxyl groups excluding tert-OH is 4. The molecule has 0 spiro atoms. The summed E-state index contributed by atoms with van der Waals surface area (Å²) in [5.41, 5.74) is -2.39. The maximum absolute atomic E-state index is 10.7. The summed E-state index contributed by atoms with van der Waals surface area (Å²) in [7, 11) is 0. The van der Waals surface area contributed by atoms with Crippen LogP contribution in [0.4, 0.5) is 0 Å². The number of hydrogen-bond acceptors (Lipinski definition) is 7. The van der Waals surface area contributed by atoms with Crippen LogP contribution in [0.25, 0.3) is 0 Å². The SMILES string of the molecule is O=C[C@]1([C@@H](O)CO)OC(=O)C(O)=C1O. The highest BCUT2D eigenvalue weighted by molar-refractivity contribution is 5.94. The Labute approximate surface area is 77.8 Å². The van der Waals surface area contributed by atoms with Gasteiger partial charge in [-0.05, 0) is 0 Å². The number of carbonyl (C=O) groups excluding carboxylic acids is 2. The third-order valence-corrected chi connectivity index (χ3v) is 1.89. The first kappa shape index (κ1) is 10.5. The van der Waals surface area contributed by atoms with Crippen molar-refractivity contribution in [1.29, 1.82) is 0 Å². The predicted octanol–water partition coefficient (Wildman–Crippen LogP) is -1.84. The van der Waals surface area contributed by atoms with Crippen LogP contribution in [0, 0.1) is 0 Å². The van der Waals surface area contributed by atoms with Crippen LogP contribution in [0.2, 0.25) is 0 Å². The van der Waals surface area contributed by atoms with Gasteiger partial charge in [-0.1, -0.05) is 0 Å². The van der Waals surface area contributed by atoms with Crippen LogP contribution >= 0.6 is 0 Å². The minimum atomic E-state index is -2.39. The van der Waals surface area contributed by atoms with Gasteiger partial charge in [-0.25, -0.2) is 4.79 Å². The van der Waals surface area contributed by atoms with Crippen molar-refractivity contribution in [3.05, 3.63) is 11.5 Å². The zero-order chi connectivity index (χ0) is 10.9. The van der Waals surface area contributed by atoms with Gasteiger partial charge in [0.2, 0.25) is 5.76 Å². The van der Waals surface area contributed by atoms with Crippen LogP contribution in [-0.2, 0) is 14.3 Å². The summed E-state index contributed by atoms with van der Waals surface area (Å²) in [6, 6.07) is 0. The monoisotopic (exact) mass is 204 g/mol. The van der Waals surface area contributed by atoms with Crippen LogP contribution in [0.3, 0.4) is 0 Å². The van der Waals surface area contributed by atoms with E-state index < -0.39 is 35.8 Å². The molecule has 1 rings (SSSR count). The lowest BCUT2D eigenvalue weighted by Crippen LogP contribution is -2.48. The van der Waals surface area contributed by atoms with Crippen LogP contribution in [-0.4, -0.2) is 51.0 Å². The second-order valence-corrected chi connectivity index (χ2v) is 2.70. The largest absolute Gasteiger partial charge is 0.505 e. The van der Waals surface area contributed by atoms with Gasteiger partial charge in [0.25, 0.3) is 5.60 Å². The van der Waals surface area contributed by atoms with E-state index in [1.54, 1.807) is 0 Å². The number of aldehydes is 1. The molecule has 2 atom stereocenters. The molecule has 0 aromatic heterocycles. The van der Waals surface area contributed by atoms with Crippen LogP contribution in [0.1, 0.15) is 0 Å². The molecule has 4 N–H and O–H groups in total. The lowest BCUT2D eigenvalue weighted by Gasteiger charge is -2.25. The van der Waals surface area contributed by atoms with Crippen LogP contribution in [0.5, 0.6) is 0 Å². The standard InChI is InChI=1S/C7H8O7/c8-1-3(10)7(2-9)5(12)4(11)6(13)14-7/h2-3,8,10-12H,1H2/t3-,7+/m0/s1. The summed E-state index contributed by atoms with van der Waals surface area (Å²) in [4.78, 5) is 21.3. The molecule has 0 saturated heterocycles. The van der Waals surface area contributed by atoms with Crippen molar-refractivity contribution in [3.8, 4) is 0 Å². The van der Waals surface area contributed by atoms with Crippen molar-refractivity contribution in [3.63, 3.8) is 0 Å². The van der Waals surface area contributed by atoms with E-state index in [1.807, 2.05) is 0 Å². The minimum Gasteiger partial charge on any atom is -0.505 e. The molecule has 0 unspecified atom stereocenters. The number of rotatable bonds is 3. The summed E-state index contributed by atoms with van der Waals surface area (Å²) >= 11 is 0. The highest BCUT2D eigenvalue weighted by Crippen LogP contribution is 2.31. The fourth-order valence-electron chi connectivity index (χ4n) is 1.05. The van der Waals surface area contributed by atoms with E-state index in [4.69, 9.17) is 20.4 Å². The molecule has 7 nitrogen and oxygen atoms in total. The Balaban J connectivity index is 3.17. The molecule has 0 fully saturated rings. The molecule has 1 aliphatic heterocycles. The molecule has 0 aromatic carbocycles. The average molecular weight is 204 g/mol. The van der Waals surface area contributed by atoms with Gasteiger partial charge in [-0.3, -0.25) is 4.79 Å². The molecule has 0 bridgehead atoms. The zero-order valence-corrected chi connectivity index (χ0v) is 6.88. The van der Waals surface area contributed by atoms with Gasteiger partial charge in [0.05, 0.1) is 6.61 Å². The second kappa shape index (κ2) is 3.28. The number of ether oxygens (including phenoxy) is 1. The summed E-state index contributed by atoms with van der Waals surface area (Å²) in [5, 5.41) is 35.8. The number of aliphatic hydroxyl groups is 4. The lowest BCUT2D eigenvalue weighted by atomic mass is 9.97. The third kappa shape index (κ3) is 1.14. The highest BCUT2D eigenvalue weighted by Gasteiger charge is 2.54. The second-order valence-electron chi connectivity index (χ2n) is 2.70. The Kier molecular flexibility index (Phi) is 2.45. The number of cyclic esters (lactones) is 1. The maximum Gasteiger partial charge on any atom is 0.378 e. The number of hydrogen-bond donors (Lipinski definition) is 4. The van der Waals surface area contributed by atoms with Gasteiger partial charge >= 0.3 is 5.97 Å². The van der Waals surface area contributed by atoms with E-state index in [0.717, 1.165) is 0 Å². The summed E-state index contributed by atoms with van der Waals surface area (Å²) in [5.74, 6) is -3.58. The lowest BCUT2D eigenvalue weighted by molar-refractivity contribution is -0.166. The van der Waals surface area contributed by atoms with Gasteiger partial charge < -0.3 is 25.2 Å². The first-order valence-electron chi connectivity index (χ1n) is 3.61. The molecule has 14 heavy (non-hydrogen) atoms. The van der Waals surface area contributed by atoms with Gasteiger partial charge in [-0.15, -0.1) is 0 Å². The smallest absolute Gasteiger partial charge is 0.378 e. The molecule has 1 heterocycles. The zero-order valence-electron chi connectivity index (χ0n) is 6.88. The molecule has 0 saturated carbocycles. The van der Waals surface area contributed by atoms with Crippen molar-refractivity contribution < 1.29 is 34.8 Å². The van der Waals surface area contributed by atoms with Gasteiger partial charge in [-0.2, -0.15) is 0 Å². The Morgan fingerprint density at radius 1 is 1.50 bits per heavy atom. The van der Waals surface area contributed by atoms with Crippen molar-refractivity contribution in [2.45, 2.75) is 11.7 Å². The van der Waals surface area contributed by atoms with E-state index in [2.05, 4.69) is 4.74 Å². The molecule has 1 aliphatic rings. The molecular weight excluding hydrogens is 196 g/mol. The van der Waals surface area contributed by atoms with Gasteiger partial charge in [0, 0.05) is 0 Å². The van der Waals surface area contributed by atoms with E-state index in [9.17, 15) is 9.59 Å². The number of esters is 1. The Hall–Kier alpha value is -1.60. The fraction of sp³-hybridized carbons (Fsp3) is 0.429. The maximum atomic E-state index is 10.7. The van der Waals surface area contributed by atoms with Crippen LogP contribution in [0.15, 0.2) is 11.5 Å². The average Bonchev–Trinajstić information content (AvgIpc) is 2.42. The summed E-state index contributed by atoms with van der Waals surface area (Å²) in [6.07, 6.45) is -1.89. The quantitative estimate of drug-likeness (QED) is 0.314.